The highest BCUT2D eigenvalue weighted by molar-refractivity contribution is 6.42. The number of carbonyl (C=O) groups excluding carboxylic acids is 2. The van der Waals surface area contributed by atoms with E-state index in [0.717, 1.165) is 18.5 Å². The predicted molar refractivity (Wildman–Crippen MR) is 122 cm³/mol. The number of pyridine rings is 1. The Morgan fingerprint density at radius 3 is 2.52 bits per heavy atom. The topological polar surface area (TPSA) is 53.5 Å². The average Bonchev–Trinajstić information content (AvgIpc) is 2.84. The molecule has 2 fully saturated rings. The van der Waals surface area contributed by atoms with Gasteiger partial charge < -0.3 is 9.80 Å². The van der Waals surface area contributed by atoms with E-state index in [1.54, 1.807) is 41.6 Å². The third-order valence-corrected chi connectivity index (χ3v) is 6.73. The second-order valence-corrected chi connectivity index (χ2v) is 9.04. The van der Waals surface area contributed by atoms with Crippen LogP contribution in [-0.2, 0) is 11.3 Å². The maximum Gasteiger partial charge on any atom is 0.295 e. The van der Waals surface area contributed by atoms with Gasteiger partial charge in [-0.1, -0.05) is 55.7 Å². The predicted octanol–water partition coefficient (Wildman–Crippen LogP) is 4.34. The Morgan fingerprint density at radius 1 is 0.968 bits per heavy atom. The third kappa shape index (κ3) is 5.79. The SMILES string of the molecule is O=C(C(=O)N(Cc1cccnc1)C[C@H]1CCCN(C2CCCCC2)C1)c1ccccc1. The summed E-state index contributed by atoms with van der Waals surface area (Å²) in [4.78, 5) is 34.8. The fraction of sp³-hybridized carbons (Fsp3) is 0.500. The molecule has 0 N–H and O–H groups in total. The minimum Gasteiger partial charge on any atom is -0.331 e. The number of nitrogens with zero attached hydrogens (tertiary/aromatic N) is 3. The Balaban J connectivity index is 1.47. The number of hydrogen-bond acceptors (Lipinski definition) is 4. The van der Waals surface area contributed by atoms with Crippen molar-refractivity contribution in [2.75, 3.05) is 19.6 Å². The average molecular weight is 420 g/mol. The maximum atomic E-state index is 13.2. The molecular weight excluding hydrogens is 386 g/mol. The molecule has 1 aromatic carbocycles. The van der Waals surface area contributed by atoms with Crippen molar-refractivity contribution < 1.29 is 9.59 Å². The van der Waals surface area contributed by atoms with Gasteiger partial charge in [0.2, 0.25) is 5.78 Å². The van der Waals surface area contributed by atoms with Gasteiger partial charge in [0.25, 0.3) is 5.91 Å². The van der Waals surface area contributed by atoms with Crippen LogP contribution in [0.15, 0.2) is 54.9 Å². The van der Waals surface area contributed by atoms with Crippen LogP contribution >= 0.6 is 0 Å². The molecular formula is C26H33N3O2. The van der Waals surface area contributed by atoms with Crippen LogP contribution in [0.1, 0.15) is 60.9 Å². The number of hydrogen-bond donors (Lipinski definition) is 0. The van der Waals surface area contributed by atoms with E-state index in [4.69, 9.17) is 0 Å². The summed E-state index contributed by atoms with van der Waals surface area (Å²) in [5, 5.41) is 0. The molecule has 164 valence electrons. The third-order valence-electron chi connectivity index (χ3n) is 6.73. The van der Waals surface area contributed by atoms with Crippen molar-refractivity contribution in [2.45, 2.75) is 57.5 Å². The van der Waals surface area contributed by atoms with E-state index >= 15 is 0 Å². The number of aromatic nitrogens is 1. The van der Waals surface area contributed by atoms with E-state index in [-0.39, 0.29) is 0 Å². The first-order valence-corrected chi connectivity index (χ1v) is 11.7. The number of rotatable bonds is 7. The van der Waals surface area contributed by atoms with Gasteiger partial charge in [0.05, 0.1) is 0 Å². The summed E-state index contributed by atoms with van der Waals surface area (Å²) in [5.41, 5.74) is 1.41. The molecule has 2 heterocycles. The highest BCUT2D eigenvalue weighted by atomic mass is 16.2. The van der Waals surface area contributed by atoms with Crippen LogP contribution in [0.3, 0.4) is 0 Å². The van der Waals surface area contributed by atoms with Gasteiger partial charge in [-0.25, -0.2) is 0 Å². The molecule has 1 saturated heterocycles. The second-order valence-electron chi connectivity index (χ2n) is 9.04. The van der Waals surface area contributed by atoms with E-state index in [1.807, 2.05) is 18.2 Å². The zero-order chi connectivity index (χ0) is 21.5. The van der Waals surface area contributed by atoms with Gasteiger partial charge in [0.1, 0.15) is 0 Å². The van der Waals surface area contributed by atoms with E-state index in [2.05, 4.69) is 9.88 Å². The molecule has 4 rings (SSSR count). The lowest BCUT2D eigenvalue weighted by molar-refractivity contribution is -0.128. The number of ketones is 1. The Morgan fingerprint density at radius 2 is 1.77 bits per heavy atom. The number of amides is 1. The van der Waals surface area contributed by atoms with E-state index in [1.165, 1.54) is 45.1 Å². The first-order chi connectivity index (χ1) is 15.2. The zero-order valence-electron chi connectivity index (χ0n) is 18.3. The zero-order valence-corrected chi connectivity index (χ0v) is 18.3. The quantitative estimate of drug-likeness (QED) is 0.495. The number of benzene rings is 1. The summed E-state index contributed by atoms with van der Waals surface area (Å²) in [6.45, 7) is 3.24. The largest absolute Gasteiger partial charge is 0.331 e. The molecule has 1 aliphatic carbocycles. The van der Waals surface area contributed by atoms with Gasteiger partial charge in [0, 0.05) is 43.6 Å². The maximum absolute atomic E-state index is 13.2. The molecule has 5 nitrogen and oxygen atoms in total. The minimum atomic E-state index is -0.426. The molecule has 1 saturated carbocycles. The summed E-state index contributed by atoms with van der Waals surface area (Å²) in [5.74, 6) is -0.436. The van der Waals surface area contributed by atoms with Crippen molar-refractivity contribution in [2.24, 2.45) is 5.92 Å². The van der Waals surface area contributed by atoms with Gasteiger partial charge >= 0.3 is 0 Å². The molecule has 0 radical (unpaired) electrons. The number of carbonyl (C=O) groups is 2. The lowest BCUT2D eigenvalue weighted by atomic mass is 9.90. The van der Waals surface area contributed by atoms with E-state index < -0.39 is 11.7 Å². The number of likely N-dealkylation sites (tertiary alicyclic amines) is 1. The summed E-state index contributed by atoms with van der Waals surface area (Å²) in [7, 11) is 0. The molecule has 0 bridgehead atoms. The molecule has 2 aliphatic rings. The van der Waals surface area contributed by atoms with E-state index in [9.17, 15) is 9.59 Å². The fourth-order valence-corrected chi connectivity index (χ4v) is 5.12. The smallest absolute Gasteiger partial charge is 0.295 e. The van der Waals surface area contributed by atoms with Crippen molar-refractivity contribution in [3.8, 4) is 0 Å². The fourth-order valence-electron chi connectivity index (χ4n) is 5.12. The summed E-state index contributed by atoms with van der Waals surface area (Å²) < 4.78 is 0. The van der Waals surface area contributed by atoms with Gasteiger partial charge in [-0.05, 0) is 49.8 Å². The molecule has 31 heavy (non-hydrogen) atoms. The van der Waals surface area contributed by atoms with E-state index in [0.29, 0.717) is 30.6 Å². The Hall–Kier alpha value is -2.53. The van der Waals surface area contributed by atoms with Crippen LogP contribution in [-0.4, -0.2) is 52.2 Å². The van der Waals surface area contributed by atoms with Gasteiger partial charge in [-0.2, -0.15) is 0 Å². The summed E-state index contributed by atoms with van der Waals surface area (Å²) >= 11 is 0. The molecule has 1 atom stereocenters. The Kier molecular flexibility index (Phi) is 7.47. The van der Waals surface area contributed by atoms with Crippen LogP contribution in [0.2, 0.25) is 0 Å². The number of piperidine rings is 1. The lowest BCUT2D eigenvalue weighted by Gasteiger charge is -2.41. The highest BCUT2D eigenvalue weighted by Crippen LogP contribution is 2.28. The molecule has 1 aromatic heterocycles. The first kappa shape index (κ1) is 21.7. The van der Waals surface area contributed by atoms with Crippen molar-refractivity contribution >= 4 is 11.7 Å². The first-order valence-electron chi connectivity index (χ1n) is 11.7. The molecule has 0 unspecified atom stereocenters. The van der Waals surface area contributed by atoms with Crippen LogP contribution < -0.4 is 0 Å². The molecule has 0 spiro atoms. The van der Waals surface area contributed by atoms with Crippen LogP contribution in [0, 0.1) is 5.92 Å². The van der Waals surface area contributed by atoms with Crippen LogP contribution in [0.25, 0.3) is 0 Å². The minimum absolute atomic E-state index is 0.403. The van der Waals surface area contributed by atoms with Crippen LogP contribution in [0.4, 0.5) is 0 Å². The monoisotopic (exact) mass is 419 g/mol. The standard InChI is InChI=1S/C26H33N3O2/c30-25(23-11-3-1-4-12-23)26(31)29(18-21-9-7-15-27-17-21)20-22-10-8-16-28(19-22)24-13-5-2-6-14-24/h1,3-4,7,9,11-12,15,17,22,24H,2,5-6,8,10,13-14,16,18-20H2/t22-/m0/s1. The van der Waals surface area contributed by atoms with Gasteiger partial charge in [0.15, 0.2) is 0 Å². The summed E-state index contributed by atoms with van der Waals surface area (Å²) in [6.07, 6.45) is 12.4. The Bertz CT molecular complexity index is 849. The van der Waals surface area contributed by atoms with Crippen molar-refractivity contribution in [1.82, 2.24) is 14.8 Å². The number of Topliss-reactive ketones (excluding diaryl/α,β-unsaturated/α-hetero) is 1. The Labute approximate surface area is 185 Å². The van der Waals surface area contributed by atoms with Crippen LogP contribution in [0.5, 0.6) is 0 Å². The summed E-state index contributed by atoms with van der Waals surface area (Å²) in [6, 6.07) is 13.4. The molecule has 1 aliphatic heterocycles. The molecule has 1 amide bonds. The van der Waals surface area contributed by atoms with Crippen molar-refractivity contribution in [3.05, 3.63) is 66.0 Å². The van der Waals surface area contributed by atoms with Gasteiger partial charge in [-0.15, -0.1) is 0 Å². The van der Waals surface area contributed by atoms with Crippen molar-refractivity contribution in [1.29, 1.82) is 0 Å². The van der Waals surface area contributed by atoms with Gasteiger partial charge in [-0.3, -0.25) is 14.6 Å². The highest BCUT2D eigenvalue weighted by Gasteiger charge is 2.31. The molecule has 5 heteroatoms. The lowest BCUT2D eigenvalue weighted by Crippen LogP contribution is -2.48. The normalized spacial score (nSPS) is 20.3. The second kappa shape index (κ2) is 10.7. The molecule has 2 aromatic rings. The van der Waals surface area contributed by atoms with Crippen molar-refractivity contribution in [3.63, 3.8) is 0 Å².